The molecule has 0 aromatic carbocycles. The van der Waals surface area contributed by atoms with E-state index in [4.69, 9.17) is 5.11 Å². The summed E-state index contributed by atoms with van der Waals surface area (Å²) in [5.41, 5.74) is 0. The molecule has 1 saturated carbocycles. The molecule has 1 aliphatic carbocycles. The van der Waals surface area contributed by atoms with Gasteiger partial charge in [0, 0.05) is 25.6 Å². The first-order chi connectivity index (χ1) is 8.47. The summed E-state index contributed by atoms with van der Waals surface area (Å²) in [6, 6.07) is 0.120. The standard InChI is InChI=1S/C11H20N2O4S/c14-11(15)6-3-9-2-1-7-13(8-9)18(16,17)12-10-4-5-10/h9-10,12H,1-8H2,(H,14,15). The number of hydrogen-bond donors (Lipinski definition) is 2. The minimum absolute atomic E-state index is 0.120. The van der Waals surface area contributed by atoms with E-state index in [-0.39, 0.29) is 18.4 Å². The maximum Gasteiger partial charge on any atom is 0.303 e. The zero-order valence-corrected chi connectivity index (χ0v) is 11.2. The maximum absolute atomic E-state index is 12.0. The van der Waals surface area contributed by atoms with E-state index in [1.165, 1.54) is 4.31 Å². The summed E-state index contributed by atoms with van der Waals surface area (Å²) in [5.74, 6) is -0.642. The molecule has 1 atom stereocenters. The van der Waals surface area contributed by atoms with E-state index in [9.17, 15) is 13.2 Å². The lowest BCUT2D eigenvalue weighted by atomic mass is 9.95. The third-order valence-electron chi connectivity index (χ3n) is 3.48. The smallest absolute Gasteiger partial charge is 0.303 e. The van der Waals surface area contributed by atoms with Crippen LogP contribution in [-0.2, 0) is 15.0 Å². The van der Waals surface area contributed by atoms with E-state index >= 15 is 0 Å². The second-order valence-electron chi connectivity index (χ2n) is 5.20. The van der Waals surface area contributed by atoms with Crippen LogP contribution >= 0.6 is 0 Å². The van der Waals surface area contributed by atoms with Gasteiger partial charge in [-0.1, -0.05) is 0 Å². The molecule has 104 valence electrons. The first kappa shape index (κ1) is 13.8. The molecule has 1 saturated heterocycles. The lowest BCUT2D eigenvalue weighted by Gasteiger charge is -2.31. The van der Waals surface area contributed by atoms with Crippen molar-refractivity contribution in [2.24, 2.45) is 5.92 Å². The van der Waals surface area contributed by atoms with E-state index in [1.807, 2.05) is 0 Å². The lowest BCUT2D eigenvalue weighted by Crippen LogP contribution is -2.46. The van der Waals surface area contributed by atoms with Gasteiger partial charge < -0.3 is 5.11 Å². The molecule has 0 spiro atoms. The Morgan fingerprint density at radius 2 is 2.06 bits per heavy atom. The minimum Gasteiger partial charge on any atom is -0.481 e. The highest BCUT2D eigenvalue weighted by Gasteiger charge is 2.33. The molecule has 7 heteroatoms. The van der Waals surface area contributed by atoms with Gasteiger partial charge in [0.15, 0.2) is 0 Å². The van der Waals surface area contributed by atoms with Gasteiger partial charge in [-0.2, -0.15) is 17.4 Å². The normalized spacial score (nSPS) is 26.1. The van der Waals surface area contributed by atoms with Crippen LogP contribution in [0.5, 0.6) is 0 Å². The Morgan fingerprint density at radius 3 is 2.67 bits per heavy atom. The highest BCUT2D eigenvalue weighted by molar-refractivity contribution is 7.87. The fourth-order valence-corrected chi connectivity index (χ4v) is 3.88. The Hall–Kier alpha value is -0.660. The van der Waals surface area contributed by atoms with Crippen LogP contribution in [0.25, 0.3) is 0 Å². The minimum atomic E-state index is -3.36. The molecule has 0 aromatic rings. The van der Waals surface area contributed by atoms with Crippen LogP contribution in [0, 0.1) is 5.92 Å². The van der Waals surface area contributed by atoms with Crippen LogP contribution < -0.4 is 4.72 Å². The summed E-state index contributed by atoms with van der Waals surface area (Å²) in [6.07, 6.45) is 4.27. The molecule has 2 N–H and O–H groups in total. The lowest BCUT2D eigenvalue weighted by molar-refractivity contribution is -0.137. The van der Waals surface area contributed by atoms with Crippen molar-refractivity contribution >= 4 is 16.2 Å². The molecule has 2 fully saturated rings. The van der Waals surface area contributed by atoms with Crippen molar-refractivity contribution in [1.29, 1.82) is 0 Å². The summed E-state index contributed by atoms with van der Waals surface area (Å²) < 4.78 is 28.2. The summed E-state index contributed by atoms with van der Waals surface area (Å²) in [4.78, 5) is 10.5. The van der Waals surface area contributed by atoms with Crippen molar-refractivity contribution in [2.45, 2.75) is 44.6 Å². The molecular weight excluding hydrogens is 256 g/mol. The Kier molecular flexibility index (Phi) is 4.24. The summed E-state index contributed by atoms with van der Waals surface area (Å²) in [5, 5.41) is 8.65. The fraction of sp³-hybridized carbons (Fsp3) is 0.909. The van der Waals surface area contributed by atoms with Crippen LogP contribution in [0.15, 0.2) is 0 Å². The summed E-state index contributed by atoms with van der Waals surface area (Å²) >= 11 is 0. The SMILES string of the molecule is O=C(O)CCC1CCCN(S(=O)(=O)NC2CC2)C1. The molecule has 18 heavy (non-hydrogen) atoms. The molecular formula is C11H20N2O4S. The Balaban J connectivity index is 1.86. The highest BCUT2D eigenvalue weighted by atomic mass is 32.2. The molecule has 1 heterocycles. The van der Waals surface area contributed by atoms with Crippen LogP contribution in [-0.4, -0.2) is 42.9 Å². The van der Waals surface area contributed by atoms with Gasteiger partial charge in [0.2, 0.25) is 0 Å². The molecule has 0 radical (unpaired) electrons. The Bertz CT molecular complexity index is 405. The molecule has 2 aliphatic rings. The topological polar surface area (TPSA) is 86.7 Å². The van der Waals surface area contributed by atoms with Gasteiger partial charge in [0.25, 0.3) is 10.2 Å². The zero-order valence-electron chi connectivity index (χ0n) is 10.3. The predicted molar refractivity (Wildman–Crippen MR) is 66.2 cm³/mol. The molecule has 0 aromatic heterocycles. The number of aliphatic carboxylic acids is 1. The summed E-state index contributed by atoms with van der Waals surface area (Å²) in [6.45, 7) is 1.00. The van der Waals surface area contributed by atoms with E-state index in [2.05, 4.69) is 4.72 Å². The van der Waals surface area contributed by atoms with Crippen LogP contribution in [0.3, 0.4) is 0 Å². The van der Waals surface area contributed by atoms with Gasteiger partial charge >= 0.3 is 5.97 Å². The highest BCUT2D eigenvalue weighted by Crippen LogP contribution is 2.25. The number of piperidine rings is 1. The Labute approximate surface area is 108 Å². The van der Waals surface area contributed by atoms with Gasteiger partial charge in [-0.3, -0.25) is 4.79 Å². The number of carboxylic acids is 1. The number of rotatable bonds is 6. The van der Waals surface area contributed by atoms with Crippen molar-refractivity contribution in [3.63, 3.8) is 0 Å². The third kappa shape index (κ3) is 3.93. The quantitative estimate of drug-likeness (QED) is 0.742. The van der Waals surface area contributed by atoms with Crippen molar-refractivity contribution in [2.75, 3.05) is 13.1 Å². The number of nitrogens with zero attached hydrogens (tertiary/aromatic N) is 1. The van der Waals surface area contributed by atoms with E-state index < -0.39 is 16.2 Å². The van der Waals surface area contributed by atoms with Crippen molar-refractivity contribution in [1.82, 2.24) is 9.03 Å². The van der Waals surface area contributed by atoms with Gasteiger partial charge in [-0.05, 0) is 38.0 Å². The van der Waals surface area contributed by atoms with Gasteiger partial charge in [0.05, 0.1) is 0 Å². The van der Waals surface area contributed by atoms with Crippen molar-refractivity contribution in [3.05, 3.63) is 0 Å². The van der Waals surface area contributed by atoms with Gasteiger partial charge in [-0.25, -0.2) is 0 Å². The number of hydrogen-bond acceptors (Lipinski definition) is 3. The number of carbonyl (C=O) groups is 1. The van der Waals surface area contributed by atoms with Crippen molar-refractivity contribution in [3.8, 4) is 0 Å². The molecule has 2 rings (SSSR count). The molecule has 0 amide bonds. The predicted octanol–water partition coefficient (Wildman–Crippen LogP) is 0.560. The van der Waals surface area contributed by atoms with E-state index in [0.29, 0.717) is 19.5 Å². The number of nitrogens with one attached hydrogen (secondary N) is 1. The molecule has 1 aliphatic heterocycles. The second kappa shape index (κ2) is 5.54. The molecule has 0 bridgehead atoms. The fourth-order valence-electron chi connectivity index (χ4n) is 2.29. The Morgan fingerprint density at radius 1 is 1.33 bits per heavy atom. The zero-order chi connectivity index (χ0) is 13.2. The van der Waals surface area contributed by atoms with E-state index in [1.54, 1.807) is 0 Å². The van der Waals surface area contributed by atoms with E-state index in [0.717, 1.165) is 25.7 Å². The molecule has 6 nitrogen and oxygen atoms in total. The molecule has 1 unspecified atom stereocenters. The van der Waals surface area contributed by atoms with Crippen molar-refractivity contribution < 1.29 is 18.3 Å². The largest absolute Gasteiger partial charge is 0.481 e. The first-order valence-electron chi connectivity index (χ1n) is 6.46. The summed E-state index contributed by atoms with van der Waals surface area (Å²) in [7, 11) is -3.36. The average Bonchev–Trinajstić information content (AvgIpc) is 3.10. The first-order valence-corrected chi connectivity index (χ1v) is 7.90. The average molecular weight is 276 g/mol. The third-order valence-corrected chi connectivity index (χ3v) is 5.12. The van der Waals surface area contributed by atoms with Crippen LogP contribution in [0.1, 0.15) is 38.5 Å². The second-order valence-corrected chi connectivity index (χ2v) is 6.90. The monoisotopic (exact) mass is 276 g/mol. The van der Waals surface area contributed by atoms with Crippen LogP contribution in [0.4, 0.5) is 0 Å². The van der Waals surface area contributed by atoms with Gasteiger partial charge in [-0.15, -0.1) is 0 Å². The van der Waals surface area contributed by atoms with Gasteiger partial charge in [0.1, 0.15) is 0 Å². The van der Waals surface area contributed by atoms with Crippen LogP contribution in [0.2, 0.25) is 0 Å². The maximum atomic E-state index is 12.0. The number of carboxylic acid groups (broad SMARTS) is 1.